The van der Waals surface area contributed by atoms with Gasteiger partial charge in [-0.05, 0) is 38.1 Å². The first-order valence-corrected chi connectivity index (χ1v) is 8.08. The molecule has 2 rings (SSSR count). The molecule has 4 N–H and O–H groups in total. The third kappa shape index (κ3) is 12.2. The zero-order valence-corrected chi connectivity index (χ0v) is 18.9. The van der Waals surface area contributed by atoms with Crippen molar-refractivity contribution in [3.8, 4) is 0 Å². The number of carbonyl (C=O) groups excluding carboxylic acids is 2. The largest absolute Gasteiger partial charge is 2.00 e. The molecule has 0 unspecified atom stereocenters. The zero-order chi connectivity index (χ0) is 19.4. The number of nitrogens with one attached hydrogen (secondary N) is 2. The number of aliphatic carboxylic acids is 2. The molecule has 2 heterocycles. The number of carbonyl (C=O) groups is 2. The van der Waals surface area contributed by atoms with E-state index in [1.54, 1.807) is 12.4 Å². The van der Waals surface area contributed by atoms with Crippen LogP contribution >= 0.6 is 0 Å². The summed E-state index contributed by atoms with van der Waals surface area (Å²) in [6.07, 6.45) is 3.33. The van der Waals surface area contributed by atoms with E-state index in [4.69, 9.17) is 0 Å². The Bertz CT molecular complexity index is 617. The van der Waals surface area contributed by atoms with Gasteiger partial charge in [-0.15, -0.1) is 0 Å². The smallest absolute Gasteiger partial charge is 0.548 e. The second-order valence-electron chi connectivity index (χ2n) is 5.49. The Morgan fingerprint density at radius 1 is 0.857 bits per heavy atom. The van der Waals surface area contributed by atoms with Gasteiger partial charge in [0, 0.05) is 37.6 Å². The molecule has 0 aliphatic heterocycles. The number of aromatic nitrogens is 2. The first-order valence-electron chi connectivity index (χ1n) is 8.08. The topological polar surface area (TPSA) is 162 Å². The third-order valence-corrected chi connectivity index (χ3v) is 3.34. The molecule has 28 heavy (non-hydrogen) atoms. The van der Waals surface area contributed by atoms with Gasteiger partial charge in [0.05, 0.1) is 23.3 Å². The van der Waals surface area contributed by atoms with Crippen LogP contribution in [0.1, 0.15) is 25.2 Å². The Morgan fingerprint density at radius 3 is 1.46 bits per heavy atom. The molecule has 2 aromatic rings. The minimum Gasteiger partial charge on any atom is -0.548 e. The van der Waals surface area contributed by atoms with Crippen LogP contribution in [0.4, 0.5) is 0 Å². The second-order valence-corrected chi connectivity index (χ2v) is 5.49. The Balaban J connectivity index is 0. The van der Waals surface area contributed by atoms with Crippen LogP contribution in [0.5, 0.6) is 0 Å². The number of carboxylic acids is 2. The number of nitrogens with zero attached hydrogens (tertiary/aromatic N) is 2. The van der Waals surface area contributed by atoms with E-state index in [1.807, 2.05) is 36.4 Å². The molecule has 0 amide bonds. The Labute approximate surface area is 176 Å². The normalized spacial score (nSPS) is 11.5. The van der Waals surface area contributed by atoms with Crippen molar-refractivity contribution >= 4 is 11.9 Å². The molecular weight excluding hydrogens is 418 g/mol. The van der Waals surface area contributed by atoms with E-state index >= 15 is 0 Å². The predicted molar refractivity (Wildman–Crippen MR) is 94.7 cm³/mol. The molecule has 0 aliphatic rings. The van der Waals surface area contributed by atoms with Crippen LogP contribution in [0.2, 0.25) is 0 Å². The molecule has 2 atom stereocenters. The van der Waals surface area contributed by atoms with Crippen LogP contribution in [0.3, 0.4) is 0 Å². The van der Waals surface area contributed by atoms with Crippen molar-refractivity contribution in [1.29, 1.82) is 0 Å². The maximum Gasteiger partial charge on any atom is 2.00 e. The fraction of sp³-hybridized carbons (Fsp3) is 0.333. The number of pyridine rings is 2. The summed E-state index contributed by atoms with van der Waals surface area (Å²) in [5, 5.41) is 26.2. The van der Waals surface area contributed by atoms with Crippen LogP contribution < -0.4 is 20.8 Å². The van der Waals surface area contributed by atoms with Crippen LogP contribution in [-0.4, -0.2) is 39.5 Å². The van der Waals surface area contributed by atoms with Gasteiger partial charge in [-0.25, -0.2) is 0 Å². The molecule has 0 aromatic carbocycles. The Hall–Kier alpha value is -2.26. The summed E-state index contributed by atoms with van der Waals surface area (Å²) in [4.78, 5) is 28.7. The summed E-state index contributed by atoms with van der Waals surface area (Å²) in [6.45, 7) is 3.96. The van der Waals surface area contributed by atoms with E-state index < -0.39 is 24.0 Å². The zero-order valence-electron chi connectivity index (χ0n) is 15.9. The van der Waals surface area contributed by atoms with E-state index in [9.17, 15) is 19.8 Å². The maximum atomic E-state index is 10.3. The van der Waals surface area contributed by atoms with Crippen molar-refractivity contribution in [2.45, 2.75) is 39.0 Å². The van der Waals surface area contributed by atoms with Gasteiger partial charge in [0.25, 0.3) is 0 Å². The summed E-state index contributed by atoms with van der Waals surface area (Å²) in [7, 11) is 0. The molecule has 148 valence electrons. The molecular formula is C18H24N4O5Zn. The fourth-order valence-corrected chi connectivity index (χ4v) is 1.69. The van der Waals surface area contributed by atoms with E-state index in [0.29, 0.717) is 13.1 Å². The van der Waals surface area contributed by atoms with Crippen LogP contribution in [-0.2, 0) is 42.2 Å². The second kappa shape index (κ2) is 15.8. The SMILES string of the molecule is C[C@@H](NCc1ccccn1)C(=O)[O-].C[C@@H](NCc1ccccn1)C(=O)[O-].O.[Zn+2]. The van der Waals surface area contributed by atoms with E-state index in [-0.39, 0.29) is 25.0 Å². The molecule has 0 saturated heterocycles. The van der Waals surface area contributed by atoms with Crippen molar-refractivity contribution in [3.63, 3.8) is 0 Å². The monoisotopic (exact) mass is 440 g/mol. The molecule has 10 heteroatoms. The van der Waals surface area contributed by atoms with Gasteiger partial charge in [-0.3, -0.25) is 9.97 Å². The number of carboxylic acid groups (broad SMARTS) is 2. The van der Waals surface area contributed by atoms with Crippen LogP contribution in [0.15, 0.2) is 48.8 Å². The van der Waals surface area contributed by atoms with Gasteiger partial charge in [0.15, 0.2) is 0 Å². The standard InChI is InChI=1S/2C9H12N2O2.H2O.Zn/c2*1-7(9(12)13)11-6-8-4-2-3-5-10-8;;/h2*2-5,7,11H,6H2,1H3,(H,12,13);1H2;/q;;;+2/p-2/t2*7-;;/m11../s1. The summed E-state index contributed by atoms with van der Waals surface area (Å²) in [5.74, 6) is -2.20. The first kappa shape index (κ1) is 28.0. The van der Waals surface area contributed by atoms with Crippen molar-refractivity contribution in [3.05, 3.63) is 60.2 Å². The van der Waals surface area contributed by atoms with Gasteiger partial charge in [0.1, 0.15) is 0 Å². The summed E-state index contributed by atoms with van der Waals surface area (Å²) < 4.78 is 0. The third-order valence-electron chi connectivity index (χ3n) is 3.34. The average Bonchev–Trinajstić information content (AvgIpc) is 2.66. The van der Waals surface area contributed by atoms with Crippen molar-refractivity contribution in [2.75, 3.05) is 0 Å². The molecule has 0 spiro atoms. The van der Waals surface area contributed by atoms with Crippen LogP contribution in [0, 0.1) is 0 Å². The van der Waals surface area contributed by atoms with Gasteiger partial charge in [-0.2, -0.15) is 0 Å². The Morgan fingerprint density at radius 2 is 1.21 bits per heavy atom. The minimum atomic E-state index is -1.10. The van der Waals surface area contributed by atoms with Crippen LogP contribution in [0.25, 0.3) is 0 Å². The predicted octanol–water partition coefficient (Wildman–Crippen LogP) is -2.21. The van der Waals surface area contributed by atoms with E-state index in [0.717, 1.165) is 11.4 Å². The minimum absolute atomic E-state index is 0. The number of hydrogen-bond acceptors (Lipinski definition) is 8. The fourth-order valence-electron chi connectivity index (χ4n) is 1.69. The molecule has 0 radical (unpaired) electrons. The summed E-state index contributed by atoms with van der Waals surface area (Å²) in [6, 6.07) is 9.69. The van der Waals surface area contributed by atoms with Crippen molar-refractivity contribution in [2.24, 2.45) is 0 Å². The molecule has 9 nitrogen and oxygen atoms in total. The summed E-state index contributed by atoms with van der Waals surface area (Å²) in [5.41, 5.74) is 1.63. The van der Waals surface area contributed by atoms with E-state index in [1.165, 1.54) is 13.8 Å². The van der Waals surface area contributed by atoms with Gasteiger partial charge in [-0.1, -0.05) is 12.1 Å². The first-order chi connectivity index (χ1) is 12.4. The molecule has 2 aromatic heterocycles. The molecule has 0 fully saturated rings. The summed E-state index contributed by atoms with van der Waals surface area (Å²) >= 11 is 0. The maximum absolute atomic E-state index is 10.3. The molecule has 0 saturated carbocycles. The number of rotatable bonds is 8. The molecule has 0 aliphatic carbocycles. The van der Waals surface area contributed by atoms with Gasteiger partial charge < -0.3 is 35.9 Å². The van der Waals surface area contributed by atoms with E-state index in [2.05, 4.69) is 20.6 Å². The van der Waals surface area contributed by atoms with Crippen molar-refractivity contribution in [1.82, 2.24) is 20.6 Å². The Kier molecular flexibility index (Phi) is 15.7. The quantitative estimate of drug-likeness (QED) is 0.436. The van der Waals surface area contributed by atoms with Crippen molar-refractivity contribution < 1.29 is 44.8 Å². The molecule has 0 bridgehead atoms. The van der Waals surface area contributed by atoms with Gasteiger partial charge >= 0.3 is 19.5 Å². The average molecular weight is 442 g/mol. The van der Waals surface area contributed by atoms with Gasteiger partial charge in [0.2, 0.25) is 0 Å². The number of hydrogen-bond donors (Lipinski definition) is 2.